The fraction of sp³-hybridized carbons (Fsp3) is 0.208. The lowest BCUT2D eigenvalue weighted by atomic mass is 9.73. The van der Waals surface area contributed by atoms with Crippen molar-refractivity contribution in [3.05, 3.63) is 64.2 Å². The molecule has 0 N–H and O–H groups in total. The standard InChI is InChI=1S/C24H18O8/c1-11(25)30-17-8-4-6-14-19(32-13(3)27)10-16-22(20(14)17)23(28)15-7-5-9-18(31-12(2)26)21(15)24(16)29/h4-9,19H,10H2,1-3H3/t19-/m0/s1. The van der Waals surface area contributed by atoms with Gasteiger partial charge in [0.15, 0.2) is 11.6 Å². The minimum atomic E-state index is -0.865. The number of Topliss-reactive ketones (excluding diaryl/α,β-unsaturated/α-hetero) is 2. The second-order valence-electron chi connectivity index (χ2n) is 7.40. The van der Waals surface area contributed by atoms with E-state index in [1.807, 2.05) is 0 Å². The number of rotatable bonds is 3. The first-order valence-corrected chi connectivity index (χ1v) is 9.82. The summed E-state index contributed by atoms with van der Waals surface area (Å²) in [6.07, 6.45) is -0.917. The highest BCUT2D eigenvalue weighted by Crippen LogP contribution is 2.49. The molecule has 0 unspecified atom stereocenters. The van der Waals surface area contributed by atoms with Crippen LogP contribution >= 0.6 is 0 Å². The Kier molecular flexibility index (Phi) is 5.22. The van der Waals surface area contributed by atoms with Crippen molar-refractivity contribution in [1.29, 1.82) is 0 Å². The summed E-state index contributed by atoms with van der Waals surface area (Å²) < 4.78 is 15.9. The predicted molar refractivity (Wildman–Crippen MR) is 110 cm³/mol. The highest BCUT2D eigenvalue weighted by Gasteiger charge is 2.42. The van der Waals surface area contributed by atoms with Crippen LogP contribution in [0.2, 0.25) is 0 Å². The molecule has 2 aliphatic rings. The SMILES string of the molecule is CC(=O)Oc1cccc2c1C(=O)C1=C(C2=O)c2c(OC(C)=O)cccc2[C@@H](OC(C)=O)C1. The molecule has 8 heteroatoms. The highest BCUT2D eigenvalue weighted by molar-refractivity contribution is 6.42. The number of ketones is 2. The molecule has 2 aromatic rings. The predicted octanol–water partition coefficient (Wildman–Crippen LogP) is 3.38. The summed E-state index contributed by atoms with van der Waals surface area (Å²) >= 11 is 0. The number of carbonyl (C=O) groups excluding carboxylic acids is 5. The maximum absolute atomic E-state index is 13.6. The van der Waals surface area contributed by atoms with Gasteiger partial charge in [-0.15, -0.1) is 0 Å². The molecule has 2 aliphatic carbocycles. The highest BCUT2D eigenvalue weighted by atomic mass is 16.5. The summed E-state index contributed by atoms with van der Waals surface area (Å²) in [7, 11) is 0. The van der Waals surface area contributed by atoms with Gasteiger partial charge in [0.2, 0.25) is 0 Å². The summed E-state index contributed by atoms with van der Waals surface area (Å²) in [5.41, 5.74) is 0.914. The van der Waals surface area contributed by atoms with Crippen molar-refractivity contribution in [2.24, 2.45) is 0 Å². The van der Waals surface area contributed by atoms with Gasteiger partial charge in [-0.1, -0.05) is 24.3 Å². The largest absolute Gasteiger partial charge is 0.457 e. The van der Waals surface area contributed by atoms with Crippen molar-refractivity contribution in [2.75, 3.05) is 0 Å². The second-order valence-corrected chi connectivity index (χ2v) is 7.40. The fourth-order valence-corrected chi connectivity index (χ4v) is 4.11. The summed E-state index contributed by atoms with van der Waals surface area (Å²) in [6.45, 7) is 3.65. The van der Waals surface area contributed by atoms with Gasteiger partial charge in [0.1, 0.15) is 17.6 Å². The average molecular weight is 434 g/mol. The number of carbonyl (C=O) groups is 5. The molecule has 32 heavy (non-hydrogen) atoms. The lowest BCUT2D eigenvalue weighted by Crippen LogP contribution is -2.29. The number of esters is 3. The van der Waals surface area contributed by atoms with Crippen LogP contribution in [0.4, 0.5) is 0 Å². The van der Waals surface area contributed by atoms with E-state index in [1.54, 1.807) is 12.1 Å². The Balaban J connectivity index is 1.98. The first-order chi connectivity index (χ1) is 15.2. The first-order valence-electron chi connectivity index (χ1n) is 9.82. The number of hydrogen-bond donors (Lipinski definition) is 0. The third kappa shape index (κ3) is 3.49. The van der Waals surface area contributed by atoms with Crippen molar-refractivity contribution in [1.82, 2.24) is 0 Å². The monoisotopic (exact) mass is 434 g/mol. The summed E-state index contributed by atoms with van der Waals surface area (Å²) in [5.74, 6) is -2.76. The van der Waals surface area contributed by atoms with E-state index in [0.29, 0.717) is 5.56 Å². The zero-order valence-electron chi connectivity index (χ0n) is 17.5. The van der Waals surface area contributed by atoms with Crippen molar-refractivity contribution >= 4 is 35.0 Å². The number of ether oxygens (including phenoxy) is 3. The van der Waals surface area contributed by atoms with Gasteiger partial charge < -0.3 is 14.2 Å². The van der Waals surface area contributed by atoms with Gasteiger partial charge in [-0.25, -0.2) is 0 Å². The van der Waals surface area contributed by atoms with Crippen LogP contribution in [0.15, 0.2) is 42.0 Å². The van der Waals surface area contributed by atoms with Gasteiger partial charge >= 0.3 is 17.9 Å². The van der Waals surface area contributed by atoms with Crippen molar-refractivity contribution in [2.45, 2.75) is 33.3 Å². The van der Waals surface area contributed by atoms with Crippen LogP contribution in [0, 0.1) is 0 Å². The van der Waals surface area contributed by atoms with Crippen LogP contribution in [0.5, 0.6) is 11.5 Å². The molecule has 0 aromatic heterocycles. The lowest BCUT2D eigenvalue weighted by molar-refractivity contribution is -0.146. The van der Waals surface area contributed by atoms with E-state index in [-0.39, 0.29) is 45.8 Å². The van der Waals surface area contributed by atoms with Crippen LogP contribution in [-0.4, -0.2) is 29.5 Å². The smallest absolute Gasteiger partial charge is 0.308 e. The van der Waals surface area contributed by atoms with E-state index in [2.05, 4.69) is 0 Å². The molecule has 162 valence electrons. The maximum atomic E-state index is 13.6. The summed E-state index contributed by atoms with van der Waals surface area (Å²) in [6, 6.07) is 9.18. The summed E-state index contributed by atoms with van der Waals surface area (Å²) in [4.78, 5) is 62.0. The van der Waals surface area contributed by atoms with E-state index in [4.69, 9.17) is 14.2 Å². The van der Waals surface area contributed by atoms with Crippen molar-refractivity contribution < 1.29 is 38.2 Å². The van der Waals surface area contributed by atoms with Gasteiger partial charge in [0, 0.05) is 55.0 Å². The molecule has 0 amide bonds. The minimum absolute atomic E-state index is 0.0250. The van der Waals surface area contributed by atoms with Gasteiger partial charge in [-0.3, -0.25) is 24.0 Å². The molecule has 4 rings (SSSR count). The Labute approximate surface area is 182 Å². The van der Waals surface area contributed by atoms with Gasteiger partial charge in [0.05, 0.1) is 5.56 Å². The Morgan fingerprint density at radius 1 is 0.781 bits per heavy atom. The van der Waals surface area contributed by atoms with Crippen LogP contribution in [0.25, 0.3) is 5.57 Å². The molecule has 0 bridgehead atoms. The average Bonchev–Trinajstić information content (AvgIpc) is 2.71. The van der Waals surface area contributed by atoms with Gasteiger partial charge in [0.25, 0.3) is 0 Å². The quantitative estimate of drug-likeness (QED) is 0.534. The second kappa shape index (κ2) is 7.88. The molecular formula is C24H18O8. The van der Waals surface area contributed by atoms with Crippen molar-refractivity contribution in [3.63, 3.8) is 0 Å². The minimum Gasteiger partial charge on any atom is -0.457 e. The normalized spacial score (nSPS) is 16.5. The molecule has 2 aromatic carbocycles. The molecule has 0 saturated carbocycles. The van der Waals surface area contributed by atoms with Gasteiger partial charge in [-0.05, 0) is 12.1 Å². The first kappa shape index (κ1) is 21.2. The third-order valence-corrected chi connectivity index (χ3v) is 5.16. The fourth-order valence-electron chi connectivity index (χ4n) is 4.11. The zero-order valence-corrected chi connectivity index (χ0v) is 17.5. The Bertz CT molecular complexity index is 1250. The molecule has 0 heterocycles. The number of allylic oxidation sites excluding steroid dienone is 1. The van der Waals surface area contributed by atoms with E-state index in [9.17, 15) is 24.0 Å². The molecule has 0 radical (unpaired) electrons. The van der Waals surface area contributed by atoms with E-state index >= 15 is 0 Å². The molecule has 0 spiro atoms. The molecule has 8 nitrogen and oxygen atoms in total. The Hall–Kier alpha value is -4.07. The molecule has 1 atom stereocenters. The topological polar surface area (TPSA) is 113 Å². The Morgan fingerprint density at radius 3 is 1.97 bits per heavy atom. The van der Waals surface area contributed by atoms with Crippen LogP contribution in [-0.2, 0) is 19.1 Å². The van der Waals surface area contributed by atoms with E-state index < -0.39 is 35.6 Å². The van der Waals surface area contributed by atoms with Crippen LogP contribution in [0.3, 0.4) is 0 Å². The van der Waals surface area contributed by atoms with Crippen LogP contribution in [0.1, 0.15) is 65.1 Å². The Morgan fingerprint density at radius 2 is 1.38 bits per heavy atom. The van der Waals surface area contributed by atoms with Crippen molar-refractivity contribution in [3.8, 4) is 11.5 Å². The lowest BCUT2D eigenvalue weighted by Gasteiger charge is -2.32. The molecule has 0 saturated heterocycles. The number of fused-ring (bicyclic) bond motifs is 3. The van der Waals surface area contributed by atoms with Crippen LogP contribution < -0.4 is 9.47 Å². The number of benzene rings is 2. The van der Waals surface area contributed by atoms with E-state index in [0.717, 1.165) is 0 Å². The molecule has 0 aliphatic heterocycles. The van der Waals surface area contributed by atoms with E-state index in [1.165, 1.54) is 45.0 Å². The number of hydrogen-bond acceptors (Lipinski definition) is 8. The molecule has 0 fully saturated rings. The zero-order chi connectivity index (χ0) is 23.2. The van der Waals surface area contributed by atoms with Gasteiger partial charge in [-0.2, -0.15) is 0 Å². The maximum Gasteiger partial charge on any atom is 0.308 e. The summed E-state index contributed by atoms with van der Waals surface area (Å²) in [5, 5.41) is 0. The molecular weight excluding hydrogens is 416 g/mol. The third-order valence-electron chi connectivity index (χ3n) is 5.16.